The summed E-state index contributed by atoms with van der Waals surface area (Å²) >= 11 is 3.13. The molecule has 0 spiro atoms. The Kier molecular flexibility index (Phi) is 7.09. The van der Waals surface area contributed by atoms with Crippen molar-refractivity contribution in [3.05, 3.63) is 34.1 Å². The van der Waals surface area contributed by atoms with E-state index in [0.29, 0.717) is 23.0 Å². The lowest BCUT2D eigenvalue weighted by Crippen LogP contribution is -2.14. The molecule has 0 amide bonds. The highest BCUT2D eigenvalue weighted by Crippen LogP contribution is 2.24. The SMILES string of the molecule is Cl.NCCC[C@H](N)c1cccc(Br)c1F. The molecule has 0 saturated heterocycles. The third kappa shape index (κ3) is 4.07. The number of benzene rings is 1. The van der Waals surface area contributed by atoms with Crippen LogP contribution in [0.4, 0.5) is 4.39 Å². The normalized spacial score (nSPS) is 12.0. The van der Waals surface area contributed by atoms with Crippen LogP contribution in [-0.4, -0.2) is 6.54 Å². The topological polar surface area (TPSA) is 52.0 Å². The lowest BCUT2D eigenvalue weighted by atomic mass is 10.0. The third-order valence-electron chi connectivity index (χ3n) is 2.10. The fraction of sp³-hybridized carbons (Fsp3) is 0.400. The molecule has 1 aromatic rings. The van der Waals surface area contributed by atoms with Crippen molar-refractivity contribution in [3.8, 4) is 0 Å². The van der Waals surface area contributed by atoms with Gasteiger partial charge in [0.15, 0.2) is 0 Å². The molecule has 2 nitrogen and oxygen atoms in total. The highest BCUT2D eigenvalue weighted by atomic mass is 79.9. The fourth-order valence-electron chi connectivity index (χ4n) is 1.30. The Morgan fingerprint density at radius 3 is 2.67 bits per heavy atom. The van der Waals surface area contributed by atoms with E-state index in [1.165, 1.54) is 0 Å². The van der Waals surface area contributed by atoms with Gasteiger partial charge in [0, 0.05) is 11.6 Å². The van der Waals surface area contributed by atoms with E-state index in [0.717, 1.165) is 6.42 Å². The van der Waals surface area contributed by atoms with Gasteiger partial charge in [0.2, 0.25) is 0 Å². The van der Waals surface area contributed by atoms with Gasteiger partial charge >= 0.3 is 0 Å². The van der Waals surface area contributed by atoms with Gasteiger partial charge < -0.3 is 11.5 Å². The summed E-state index contributed by atoms with van der Waals surface area (Å²) in [7, 11) is 0. The van der Waals surface area contributed by atoms with E-state index in [-0.39, 0.29) is 24.3 Å². The minimum atomic E-state index is -0.268. The molecule has 0 unspecified atom stereocenters. The summed E-state index contributed by atoms with van der Waals surface area (Å²) in [6, 6.07) is 4.89. The molecule has 0 aliphatic carbocycles. The van der Waals surface area contributed by atoms with Crippen LogP contribution in [-0.2, 0) is 0 Å². The number of hydrogen-bond donors (Lipinski definition) is 2. The summed E-state index contributed by atoms with van der Waals surface area (Å²) < 4.78 is 14.0. The van der Waals surface area contributed by atoms with Crippen molar-refractivity contribution >= 4 is 28.3 Å². The van der Waals surface area contributed by atoms with E-state index in [1.54, 1.807) is 18.2 Å². The first kappa shape index (κ1) is 14.8. The van der Waals surface area contributed by atoms with Crippen LogP contribution in [0.25, 0.3) is 0 Å². The predicted octanol–water partition coefficient (Wildman–Crippen LogP) is 2.75. The van der Waals surface area contributed by atoms with E-state index in [2.05, 4.69) is 15.9 Å². The molecule has 0 bridgehead atoms. The van der Waals surface area contributed by atoms with Gasteiger partial charge in [-0.25, -0.2) is 4.39 Å². The van der Waals surface area contributed by atoms with Crippen LogP contribution in [0, 0.1) is 5.82 Å². The lowest BCUT2D eigenvalue weighted by molar-refractivity contribution is 0.549. The first-order chi connectivity index (χ1) is 6.66. The molecule has 0 saturated carbocycles. The van der Waals surface area contributed by atoms with E-state index in [1.807, 2.05) is 0 Å². The first-order valence-corrected chi connectivity index (χ1v) is 5.35. The van der Waals surface area contributed by atoms with Crippen molar-refractivity contribution in [1.29, 1.82) is 0 Å². The number of hydrogen-bond acceptors (Lipinski definition) is 2. The molecule has 86 valence electrons. The van der Waals surface area contributed by atoms with Crippen LogP contribution in [0.15, 0.2) is 22.7 Å². The molecule has 1 aromatic carbocycles. The molecule has 1 atom stereocenters. The van der Waals surface area contributed by atoms with Crippen molar-refractivity contribution in [2.45, 2.75) is 18.9 Å². The number of halogens is 3. The van der Waals surface area contributed by atoms with Gasteiger partial charge in [0.25, 0.3) is 0 Å². The largest absolute Gasteiger partial charge is 0.330 e. The van der Waals surface area contributed by atoms with Crippen molar-refractivity contribution in [1.82, 2.24) is 0 Å². The lowest BCUT2D eigenvalue weighted by Gasteiger charge is -2.12. The molecule has 15 heavy (non-hydrogen) atoms. The Morgan fingerprint density at radius 2 is 2.07 bits per heavy atom. The fourth-order valence-corrected chi connectivity index (χ4v) is 1.68. The highest BCUT2D eigenvalue weighted by molar-refractivity contribution is 9.10. The van der Waals surface area contributed by atoms with Crippen molar-refractivity contribution < 1.29 is 4.39 Å². The Labute approximate surface area is 104 Å². The van der Waals surface area contributed by atoms with Crippen LogP contribution < -0.4 is 11.5 Å². The molecule has 4 N–H and O–H groups in total. The first-order valence-electron chi connectivity index (χ1n) is 4.56. The zero-order valence-electron chi connectivity index (χ0n) is 8.25. The third-order valence-corrected chi connectivity index (χ3v) is 2.71. The Morgan fingerprint density at radius 1 is 1.40 bits per heavy atom. The Hall–Kier alpha value is -0.160. The molecule has 0 aliphatic rings. The molecule has 1 rings (SSSR count). The zero-order chi connectivity index (χ0) is 10.6. The maximum atomic E-state index is 13.5. The van der Waals surface area contributed by atoms with E-state index in [4.69, 9.17) is 11.5 Å². The average molecular weight is 298 g/mol. The van der Waals surface area contributed by atoms with Gasteiger partial charge in [-0.1, -0.05) is 12.1 Å². The summed E-state index contributed by atoms with van der Waals surface area (Å²) in [6.07, 6.45) is 1.52. The van der Waals surface area contributed by atoms with Gasteiger partial charge in [-0.15, -0.1) is 12.4 Å². The molecular weight excluding hydrogens is 282 g/mol. The average Bonchev–Trinajstić information content (AvgIpc) is 2.18. The van der Waals surface area contributed by atoms with Crippen LogP contribution in [0.2, 0.25) is 0 Å². The second-order valence-corrected chi connectivity index (χ2v) is 4.03. The molecule has 0 heterocycles. The number of nitrogens with two attached hydrogens (primary N) is 2. The molecule has 0 radical (unpaired) electrons. The van der Waals surface area contributed by atoms with Crippen LogP contribution in [0.5, 0.6) is 0 Å². The van der Waals surface area contributed by atoms with E-state index < -0.39 is 0 Å². The Balaban J connectivity index is 0.00000196. The quantitative estimate of drug-likeness (QED) is 0.898. The summed E-state index contributed by atoms with van der Waals surface area (Å²) in [5, 5.41) is 0. The number of rotatable bonds is 4. The zero-order valence-corrected chi connectivity index (χ0v) is 10.7. The van der Waals surface area contributed by atoms with Gasteiger partial charge in [-0.2, -0.15) is 0 Å². The monoisotopic (exact) mass is 296 g/mol. The summed E-state index contributed by atoms with van der Waals surface area (Å²) in [4.78, 5) is 0. The highest BCUT2D eigenvalue weighted by Gasteiger charge is 2.12. The maximum absolute atomic E-state index is 13.5. The van der Waals surface area contributed by atoms with Crippen molar-refractivity contribution in [2.24, 2.45) is 11.5 Å². The molecule has 0 aromatic heterocycles. The van der Waals surface area contributed by atoms with Crippen LogP contribution in [0.1, 0.15) is 24.4 Å². The minimum Gasteiger partial charge on any atom is -0.330 e. The molecular formula is C10H15BrClFN2. The molecule has 0 fully saturated rings. The van der Waals surface area contributed by atoms with Gasteiger partial charge in [0.05, 0.1) is 4.47 Å². The second-order valence-electron chi connectivity index (χ2n) is 3.18. The Bertz CT molecular complexity index is 309. The van der Waals surface area contributed by atoms with Crippen molar-refractivity contribution in [3.63, 3.8) is 0 Å². The van der Waals surface area contributed by atoms with E-state index in [9.17, 15) is 4.39 Å². The summed E-state index contributed by atoms with van der Waals surface area (Å²) in [5.74, 6) is -0.267. The molecule has 5 heteroatoms. The minimum absolute atomic E-state index is 0. The van der Waals surface area contributed by atoms with Crippen LogP contribution >= 0.6 is 28.3 Å². The second kappa shape index (κ2) is 7.17. The maximum Gasteiger partial charge on any atom is 0.142 e. The van der Waals surface area contributed by atoms with Gasteiger partial charge in [0.1, 0.15) is 5.82 Å². The molecule has 0 aliphatic heterocycles. The predicted molar refractivity (Wildman–Crippen MR) is 66.6 cm³/mol. The summed E-state index contributed by atoms with van der Waals surface area (Å²) in [5.41, 5.74) is 11.7. The van der Waals surface area contributed by atoms with Gasteiger partial charge in [-0.3, -0.25) is 0 Å². The standard InChI is InChI=1S/C10H14BrFN2.ClH/c11-8-4-1-3-7(10(8)12)9(14)5-2-6-13;/h1,3-4,9H,2,5-6,13-14H2;1H/t9-;/m0./s1. The van der Waals surface area contributed by atoms with Crippen LogP contribution in [0.3, 0.4) is 0 Å². The smallest absolute Gasteiger partial charge is 0.142 e. The van der Waals surface area contributed by atoms with Gasteiger partial charge in [-0.05, 0) is 41.4 Å². The van der Waals surface area contributed by atoms with E-state index >= 15 is 0 Å². The summed E-state index contributed by atoms with van der Waals surface area (Å²) in [6.45, 7) is 0.587. The van der Waals surface area contributed by atoms with Crippen molar-refractivity contribution in [2.75, 3.05) is 6.54 Å².